The largest absolute Gasteiger partial charge is 0.383 e. The van der Waals surface area contributed by atoms with Crippen LogP contribution in [0.15, 0.2) is 6.20 Å². The minimum atomic E-state index is 0.524. The average molecular weight is 232 g/mol. The predicted molar refractivity (Wildman–Crippen MR) is 65.2 cm³/mol. The van der Waals surface area contributed by atoms with Crippen LogP contribution >= 0.6 is 0 Å². The molecule has 0 amide bonds. The smallest absolute Gasteiger partial charge is 0.131 e. The van der Waals surface area contributed by atoms with Crippen molar-refractivity contribution in [1.82, 2.24) is 25.0 Å². The fourth-order valence-electron chi connectivity index (χ4n) is 1.66. The number of hydrogen-bond acceptors (Lipinski definition) is 5. The number of nitrogen functional groups attached to an aromatic ring is 1. The summed E-state index contributed by atoms with van der Waals surface area (Å²) in [5.74, 6) is 1.27. The Hall–Kier alpha value is -1.98. The van der Waals surface area contributed by atoms with Crippen LogP contribution in [0.4, 0.5) is 5.82 Å². The second kappa shape index (κ2) is 4.48. The second-order valence-corrected chi connectivity index (χ2v) is 3.79. The van der Waals surface area contributed by atoms with Crippen LogP contribution in [0.5, 0.6) is 0 Å². The van der Waals surface area contributed by atoms with Gasteiger partial charge in [-0.1, -0.05) is 12.1 Å². The van der Waals surface area contributed by atoms with Crippen molar-refractivity contribution >= 4 is 5.82 Å². The number of anilines is 1. The van der Waals surface area contributed by atoms with Crippen LogP contribution in [-0.4, -0.2) is 25.0 Å². The summed E-state index contributed by atoms with van der Waals surface area (Å²) < 4.78 is 1.80. The molecule has 0 saturated carbocycles. The zero-order chi connectivity index (χ0) is 12.4. The van der Waals surface area contributed by atoms with E-state index >= 15 is 0 Å². The van der Waals surface area contributed by atoms with Crippen molar-refractivity contribution in [2.45, 2.75) is 33.7 Å². The van der Waals surface area contributed by atoms with E-state index in [2.05, 4.69) is 20.3 Å². The van der Waals surface area contributed by atoms with Crippen LogP contribution in [0.1, 0.15) is 25.2 Å². The van der Waals surface area contributed by atoms with E-state index < -0.39 is 0 Å². The lowest BCUT2D eigenvalue weighted by Crippen LogP contribution is -2.07. The number of aromatic nitrogens is 5. The lowest BCUT2D eigenvalue weighted by molar-refractivity contribution is 0.631. The van der Waals surface area contributed by atoms with Crippen LogP contribution in [0, 0.1) is 6.92 Å². The first kappa shape index (κ1) is 11.5. The van der Waals surface area contributed by atoms with Crippen molar-refractivity contribution in [3.8, 4) is 11.4 Å². The molecule has 2 heterocycles. The van der Waals surface area contributed by atoms with Gasteiger partial charge in [-0.25, -0.2) is 14.6 Å². The third-order valence-electron chi connectivity index (χ3n) is 2.71. The standard InChI is InChI=1S/C11H16N6/c1-4-9-14-10(7(3)11(12)15-9)8-6-13-16-17(8)5-2/h6H,4-5H2,1-3H3,(H2,12,14,15). The van der Waals surface area contributed by atoms with E-state index in [1.54, 1.807) is 10.9 Å². The maximum absolute atomic E-state index is 5.89. The van der Waals surface area contributed by atoms with Crippen molar-refractivity contribution in [3.63, 3.8) is 0 Å². The quantitative estimate of drug-likeness (QED) is 0.860. The number of nitrogens with two attached hydrogens (primary N) is 1. The average Bonchev–Trinajstić information content (AvgIpc) is 2.80. The zero-order valence-corrected chi connectivity index (χ0v) is 10.3. The Bertz CT molecular complexity index is 531. The van der Waals surface area contributed by atoms with Gasteiger partial charge in [-0.3, -0.25) is 0 Å². The summed E-state index contributed by atoms with van der Waals surface area (Å²) in [6.07, 6.45) is 2.46. The van der Waals surface area contributed by atoms with Crippen LogP contribution in [0.2, 0.25) is 0 Å². The van der Waals surface area contributed by atoms with Gasteiger partial charge in [-0.2, -0.15) is 0 Å². The molecule has 2 rings (SSSR count). The van der Waals surface area contributed by atoms with Crippen molar-refractivity contribution in [2.75, 3.05) is 5.73 Å². The van der Waals surface area contributed by atoms with Gasteiger partial charge in [0.1, 0.15) is 17.3 Å². The van der Waals surface area contributed by atoms with Crippen molar-refractivity contribution in [1.29, 1.82) is 0 Å². The molecule has 0 radical (unpaired) electrons. The maximum atomic E-state index is 5.89. The summed E-state index contributed by atoms with van der Waals surface area (Å²) >= 11 is 0. The molecule has 0 fully saturated rings. The van der Waals surface area contributed by atoms with Crippen molar-refractivity contribution in [3.05, 3.63) is 17.6 Å². The van der Waals surface area contributed by atoms with E-state index in [0.717, 1.165) is 35.7 Å². The van der Waals surface area contributed by atoms with E-state index in [4.69, 9.17) is 5.73 Å². The van der Waals surface area contributed by atoms with E-state index in [1.165, 1.54) is 0 Å². The van der Waals surface area contributed by atoms with Gasteiger partial charge in [0.05, 0.1) is 11.9 Å². The Morgan fingerprint density at radius 1 is 1.29 bits per heavy atom. The molecule has 2 N–H and O–H groups in total. The van der Waals surface area contributed by atoms with Crippen LogP contribution in [0.3, 0.4) is 0 Å². The Morgan fingerprint density at radius 3 is 2.71 bits per heavy atom. The van der Waals surface area contributed by atoms with Crippen LogP contribution in [0.25, 0.3) is 11.4 Å². The highest BCUT2D eigenvalue weighted by Gasteiger charge is 2.14. The van der Waals surface area contributed by atoms with Gasteiger partial charge in [0, 0.05) is 18.5 Å². The molecule has 0 aliphatic rings. The van der Waals surface area contributed by atoms with Gasteiger partial charge in [0.2, 0.25) is 0 Å². The number of nitrogens with zero attached hydrogens (tertiary/aromatic N) is 5. The molecule has 0 spiro atoms. The SMILES string of the molecule is CCc1nc(N)c(C)c(-c2cnnn2CC)n1. The molecule has 90 valence electrons. The first-order chi connectivity index (χ1) is 8.17. The Morgan fingerprint density at radius 2 is 2.06 bits per heavy atom. The Labute approximate surface area is 99.9 Å². The summed E-state index contributed by atoms with van der Waals surface area (Å²) in [5.41, 5.74) is 8.47. The molecule has 2 aromatic rings. The van der Waals surface area contributed by atoms with Gasteiger partial charge in [0.25, 0.3) is 0 Å². The summed E-state index contributed by atoms with van der Waals surface area (Å²) in [7, 11) is 0. The van der Waals surface area contributed by atoms with E-state index in [0.29, 0.717) is 5.82 Å². The summed E-state index contributed by atoms with van der Waals surface area (Å²) in [4.78, 5) is 8.74. The number of aryl methyl sites for hydroxylation is 2. The first-order valence-electron chi connectivity index (χ1n) is 5.69. The lowest BCUT2D eigenvalue weighted by Gasteiger charge is -2.09. The lowest BCUT2D eigenvalue weighted by atomic mass is 10.2. The van der Waals surface area contributed by atoms with Crippen LogP contribution < -0.4 is 5.73 Å². The molecule has 0 saturated heterocycles. The first-order valence-corrected chi connectivity index (χ1v) is 5.69. The van der Waals surface area contributed by atoms with Crippen LogP contribution in [-0.2, 0) is 13.0 Å². The maximum Gasteiger partial charge on any atom is 0.131 e. The fourth-order valence-corrected chi connectivity index (χ4v) is 1.66. The molecular weight excluding hydrogens is 216 g/mol. The van der Waals surface area contributed by atoms with Gasteiger partial charge >= 0.3 is 0 Å². The molecule has 0 atom stereocenters. The highest BCUT2D eigenvalue weighted by Crippen LogP contribution is 2.23. The van der Waals surface area contributed by atoms with Gasteiger partial charge < -0.3 is 5.73 Å². The van der Waals surface area contributed by atoms with E-state index in [-0.39, 0.29) is 0 Å². The normalized spacial score (nSPS) is 10.8. The molecule has 0 unspecified atom stereocenters. The minimum Gasteiger partial charge on any atom is -0.383 e. The molecule has 2 aromatic heterocycles. The topological polar surface area (TPSA) is 82.5 Å². The molecule has 0 aliphatic heterocycles. The molecule has 17 heavy (non-hydrogen) atoms. The number of hydrogen-bond donors (Lipinski definition) is 1. The third kappa shape index (κ3) is 1.98. The number of rotatable bonds is 3. The highest BCUT2D eigenvalue weighted by molar-refractivity contribution is 5.63. The van der Waals surface area contributed by atoms with Crippen molar-refractivity contribution < 1.29 is 0 Å². The van der Waals surface area contributed by atoms with Gasteiger partial charge in [0.15, 0.2) is 0 Å². The Balaban J connectivity index is 2.62. The predicted octanol–water partition coefficient (Wildman–Crippen LogP) is 1.21. The molecule has 0 aliphatic carbocycles. The van der Waals surface area contributed by atoms with Gasteiger partial charge in [-0.15, -0.1) is 5.10 Å². The summed E-state index contributed by atoms with van der Waals surface area (Å²) in [6, 6.07) is 0. The third-order valence-corrected chi connectivity index (χ3v) is 2.71. The molecule has 0 bridgehead atoms. The molecular formula is C11H16N6. The minimum absolute atomic E-state index is 0.524. The summed E-state index contributed by atoms with van der Waals surface area (Å²) in [6.45, 7) is 6.68. The fraction of sp³-hybridized carbons (Fsp3) is 0.455. The van der Waals surface area contributed by atoms with E-state index in [9.17, 15) is 0 Å². The molecule has 6 nitrogen and oxygen atoms in total. The molecule has 0 aromatic carbocycles. The zero-order valence-electron chi connectivity index (χ0n) is 10.3. The highest BCUT2D eigenvalue weighted by atomic mass is 15.4. The second-order valence-electron chi connectivity index (χ2n) is 3.79. The van der Waals surface area contributed by atoms with E-state index in [1.807, 2.05) is 20.8 Å². The van der Waals surface area contributed by atoms with Crippen molar-refractivity contribution in [2.24, 2.45) is 0 Å². The molecule has 6 heteroatoms. The summed E-state index contributed by atoms with van der Waals surface area (Å²) in [5, 5.41) is 7.91. The Kier molecular flexibility index (Phi) is 3.03. The monoisotopic (exact) mass is 232 g/mol. The van der Waals surface area contributed by atoms with Gasteiger partial charge in [-0.05, 0) is 13.8 Å².